The van der Waals surface area contributed by atoms with Crippen LogP contribution in [0.5, 0.6) is 0 Å². The van der Waals surface area contributed by atoms with E-state index in [1.165, 1.54) is 10.9 Å². The highest BCUT2D eigenvalue weighted by atomic mass is 32.1. The van der Waals surface area contributed by atoms with Gasteiger partial charge in [0.05, 0.1) is 0 Å². The van der Waals surface area contributed by atoms with Crippen LogP contribution in [0.4, 0.5) is 8.78 Å². The predicted molar refractivity (Wildman–Crippen MR) is 73.9 cm³/mol. The molecule has 5 heteroatoms. The maximum absolute atomic E-state index is 13.1. The molecular formula is C15H13F2NOS. The molecule has 1 aliphatic carbocycles. The zero-order chi connectivity index (χ0) is 14.2. The first-order chi connectivity index (χ1) is 9.61. The molecule has 20 heavy (non-hydrogen) atoms. The van der Waals surface area contributed by atoms with Crippen molar-refractivity contribution in [3.8, 4) is 0 Å². The van der Waals surface area contributed by atoms with E-state index in [4.69, 9.17) is 0 Å². The number of rotatable bonds is 4. The molecule has 0 spiro atoms. The number of nitrogens with one attached hydrogen (secondary N) is 1. The van der Waals surface area contributed by atoms with Gasteiger partial charge in [-0.05, 0) is 42.5 Å². The van der Waals surface area contributed by atoms with Crippen LogP contribution in [0.15, 0.2) is 35.7 Å². The molecule has 1 aliphatic rings. The largest absolute Gasteiger partial charge is 0.351 e. The number of hydrogen-bond acceptors (Lipinski definition) is 2. The molecule has 1 amide bonds. The molecule has 3 rings (SSSR count). The number of carbonyl (C=O) groups is 1. The summed E-state index contributed by atoms with van der Waals surface area (Å²) < 4.78 is 25.9. The summed E-state index contributed by atoms with van der Waals surface area (Å²) in [4.78, 5) is 13.2. The molecule has 2 nitrogen and oxygen atoms in total. The second-order valence-corrected chi connectivity index (χ2v) is 6.02. The minimum atomic E-state index is -1.00. The molecule has 1 aromatic heterocycles. The Morgan fingerprint density at radius 2 is 2.05 bits per heavy atom. The van der Waals surface area contributed by atoms with Crippen molar-refractivity contribution in [3.63, 3.8) is 0 Å². The zero-order valence-electron chi connectivity index (χ0n) is 10.7. The van der Waals surface area contributed by atoms with Crippen molar-refractivity contribution in [1.82, 2.24) is 5.32 Å². The van der Waals surface area contributed by atoms with E-state index < -0.39 is 11.6 Å². The van der Waals surface area contributed by atoms with Gasteiger partial charge >= 0.3 is 0 Å². The SMILES string of the molecule is O=C(NCC1(c2cccs2)CC1)c1ccc(F)c(F)c1. The Kier molecular flexibility index (Phi) is 3.30. The molecule has 0 atom stereocenters. The Bertz CT molecular complexity index is 635. The summed E-state index contributed by atoms with van der Waals surface area (Å²) in [6.45, 7) is 0.533. The van der Waals surface area contributed by atoms with Crippen LogP contribution in [0.25, 0.3) is 0 Å². The van der Waals surface area contributed by atoms with E-state index >= 15 is 0 Å². The molecule has 0 radical (unpaired) electrons. The highest BCUT2D eigenvalue weighted by Crippen LogP contribution is 2.49. The number of halogens is 2. The van der Waals surface area contributed by atoms with Crippen molar-refractivity contribution < 1.29 is 13.6 Å². The number of carbonyl (C=O) groups excluding carboxylic acids is 1. The Morgan fingerprint density at radius 1 is 1.25 bits per heavy atom. The molecule has 2 aromatic rings. The summed E-state index contributed by atoms with van der Waals surface area (Å²) in [5, 5.41) is 4.84. The Labute approximate surface area is 119 Å². The van der Waals surface area contributed by atoms with E-state index in [2.05, 4.69) is 11.4 Å². The molecule has 0 bridgehead atoms. The average Bonchev–Trinajstić information content (AvgIpc) is 3.02. The zero-order valence-corrected chi connectivity index (χ0v) is 11.5. The Hall–Kier alpha value is -1.75. The average molecular weight is 293 g/mol. The third kappa shape index (κ3) is 2.45. The quantitative estimate of drug-likeness (QED) is 0.918. The summed E-state index contributed by atoms with van der Waals surface area (Å²) in [6, 6.07) is 7.25. The fourth-order valence-corrected chi connectivity index (χ4v) is 3.22. The lowest BCUT2D eigenvalue weighted by molar-refractivity contribution is 0.0949. The molecule has 1 fully saturated rings. The van der Waals surface area contributed by atoms with Gasteiger partial charge in [0, 0.05) is 22.4 Å². The van der Waals surface area contributed by atoms with Crippen LogP contribution in [0.3, 0.4) is 0 Å². The fraction of sp³-hybridized carbons (Fsp3) is 0.267. The fourth-order valence-electron chi connectivity index (χ4n) is 2.23. The highest BCUT2D eigenvalue weighted by molar-refractivity contribution is 7.10. The second-order valence-electron chi connectivity index (χ2n) is 5.07. The van der Waals surface area contributed by atoms with Gasteiger partial charge in [0.15, 0.2) is 11.6 Å². The minimum absolute atomic E-state index is 0.0440. The lowest BCUT2D eigenvalue weighted by Gasteiger charge is -2.14. The first-order valence-corrected chi connectivity index (χ1v) is 7.26. The summed E-state index contributed by atoms with van der Waals surface area (Å²) in [5.41, 5.74) is 0.188. The van der Waals surface area contributed by atoms with Crippen LogP contribution in [-0.4, -0.2) is 12.5 Å². The maximum Gasteiger partial charge on any atom is 0.251 e. The van der Waals surface area contributed by atoms with E-state index in [0.717, 1.165) is 25.0 Å². The van der Waals surface area contributed by atoms with Gasteiger partial charge in [-0.3, -0.25) is 4.79 Å². The Balaban J connectivity index is 1.67. The van der Waals surface area contributed by atoms with Gasteiger partial charge in [-0.1, -0.05) is 6.07 Å². The van der Waals surface area contributed by atoms with Crippen molar-refractivity contribution in [2.75, 3.05) is 6.54 Å². The normalized spacial score (nSPS) is 15.9. The van der Waals surface area contributed by atoms with Gasteiger partial charge in [0.2, 0.25) is 0 Å². The lowest BCUT2D eigenvalue weighted by Crippen LogP contribution is -2.31. The first-order valence-electron chi connectivity index (χ1n) is 6.38. The van der Waals surface area contributed by atoms with Crippen LogP contribution in [0.2, 0.25) is 0 Å². The highest BCUT2D eigenvalue weighted by Gasteiger charge is 2.45. The lowest BCUT2D eigenvalue weighted by atomic mass is 10.1. The van der Waals surface area contributed by atoms with E-state index in [9.17, 15) is 13.6 Å². The van der Waals surface area contributed by atoms with Crippen LogP contribution >= 0.6 is 11.3 Å². The van der Waals surface area contributed by atoms with E-state index in [-0.39, 0.29) is 16.9 Å². The van der Waals surface area contributed by atoms with Crippen LogP contribution in [-0.2, 0) is 5.41 Å². The summed E-state index contributed by atoms with van der Waals surface area (Å²) in [5.74, 6) is -2.32. The summed E-state index contributed by atoms with van der Waals surface area (Å²) in [6.07, 6.45) is 2.09. The monoisotopic (exact) mass is 293 g/mol. The molecule has 0 unspecified atom stereocenters. The van der Waals surface area contributed by atoms with E-state index in [1.54, 1.807) is 11.3 Å². The van der Waals surface area contributed by atoms with E-state index in [1.807, 2.05) is 11.4 Å². The molecule has 1 aromatic carbocycles. The number of thiophene rings is 1. The van der Waals surface area contributed by atoms with Gasteiger partial charge in [-0.15, -0.1) is 11.3 Å². The standard InChI is InChI=1S/C15H13F2NOS/c16-11-4-3-10(8-12(11)17)14(19)18-9-15(5-6-15)13-2-1-7-20-13/h1-4,7-8H,5-6,9H2,(H,18,19). The summed E-state index contributed by atoms with van der Waals surface area (Å²) >= 11 is 1.68. The van der Waals surface area contributed by atoms with Gasteiger partial charge in [-0.2, -0.15) is 0 Å². The van der Waals surface area contributed by atoms with Gasteiger partial charge in [0.25, 0.3) is 5.91 Å². The number of benzene rings is 1. The molecule has 1 saturated carbocycles. The van der Waals surface area contributed by atoms with E-state index in [0.29, 0.717) is 6.54 Å². The van der Waals surface area contributed by atoms with Gasteiger partial charge in [-0.25, -0.2) is 8.78 Å². The maximum atomic E-state index is 13.1. The van der Waals surface area contributed by atoms with Crippen LogP contribution in [0.1, 0.15) is 28.1 Å². The van der Waals surface area contributed by atoms with Crippen molar-refractivity contribution in [1.29, 1.82) is 0 Å². The first kappa shape index (κ1) is 13.2. The predicted octanol–water partition coefficient (Wildman–Crippen LogP) is 3.49. The summed E-state index contributed by atoms with van der Waals surface area (Å²) in [7, 11) is 0. The van der Waals surface area contributed by atoms with Crippen molar-refractivity contribution in [2.45, 2.75) is 18.3 Å². The Morgan fingerprint density at radius 3 is 2.65 bits per heavy atom. The van der Waals surface area contributed by atoms with Crippen molar-refractivity contribution >= 4 is 17.2 Å². The molecule has 104 valence electrons. The van der Waals surface area contributed by atoms with Crippen LogP contribution in [0, 0.1) is 11.6 Å². The van der Waals surface area contributed by atoms with Gasteiger partial charge < -0.3 is 5.32 Å². The van der Waals surface area contributed by atoms with Crippen molar-refractivity contribution in [3.05, 3.63) is 57.8 Å². The second kappa shape index (κ2) is 4.98. The molecule has 0 saturated heterocycles. The molecule has 1 N–H and O–H groups in total. The van der Waals surface area contributed by atoms with Crippen molar-refractivity contribution in [2.24, 2.45) is 0 Å². The molecule has 1 heterocycles. The minimum Gasteiger partial charge on any atom is -0.351 e. The van der Waals surface area contributed by atoms with Crippen LogP contribution < -0.4 is 5.32 Å². The topological polar surface area (TPSA) is 29.1 Å². The smallest absolute Gasteiger partial charge is 0.251 e. The molecule has 0 aliphatic heterocycles. The third-order valence-electron chi connectivity index (χ3n) is 3.67. The van der Waals surface area contributed by atoms with Gasteiger partial charge in [0.1, 0.15) is 0 Å². The third-order valence-corrected chi connectivity index (χ3v) is 4.78. The molecular weight excluding hydrogens is 280 g/mol. The number of amides is 1. The number of hydrogen-bond donors (Lipinski definition) is 1.